The van der Waals surface area contributed by atoms with Crippen molar-refractivity contribution >= 4 is 21.7 Å². The van der Waals surface area contributed by atoms with Crippen molar-refractivity contribution in [3.05, 3.63) is 24.3 Å². The zero-order valence-electron chi connectivity index (χ0n) is 17.2. The van der Waals surface area contributed by atoms with Crippen LogP contribution in [-0.2, 0) is 10.0 Å². The number of sulfonamides is 1. The lowest BCUT2D eigenvalue weighted by atomic mass is 9.99. The fourth-order valence-corrected chi connectivity index (χ4v) is 5.36. The molecule has 6 nitrogen and oxygen atoms in total. The van der Waals surface area contributed by atoms with E-state index >= 15 is 0 Å². The van der Waals surface area contributed by atoms with E-state index in [-0.39, 0.29) is 23.0 Å². The number of amides is 2. The van der Waals surface area contributed by atoms with E-state index in [1.807, 2.05) is 4.90 Å². The SMILES string of the molecule is CC(C)CC1CCCCCN1C(=O)Nc1ccc(S(=O)(=O)N(C)C2CC2)cc1. The molecule has 0 radical (unpaired) electrons. The van der Waals surface area contributed by atoms with Crippen molar-refractivity contribution in [1.82, 2.24) is 9.21 Å². The molecule has 2 aliphatic rings. The maximum atomic E-state index is 12.9. The van der Waals surface area contributed by atoms with Gasteiger partial charge in [-0.3, -0.25) is 0 Å². The highest BCUT2D eigenvalue weighted by atomic mass is 32.2. The summed E-state index contributed by atoms with van der Waals surface area (Å²) in [6.07, 6.45) is 7.29. The van der Waals surface area contributed by atoms with Crippen LogP contribution < -0.4 is 5.32 Å². The number of anilines is 1. The molecule has 0 aromatic heterocycles. The first-order chi connectivity index (χ1) is 13.3. The summed E-state index contributed by atoms with van der Waals surface area (Å²) in [6.45, 7) is 5.17. The van der Waals surface area contributed by atoms with Crippen LogP contribution in [0.4, 0.5) is 10.5 Å². The number of rotatable bonds is 6. The van der Waals surface area contributed by atoms with E-state index in [2.05, 4.69) is 19.2 Å². The van der Waals surface area contributed by atoms with Crippen LogP contribution in [0, 0.1) is 5.92 Å². The van der Waals surface area contributed by atoms with Gasteiger partial charge in [0, 0.05) is 31.4 Å². The van der Waals surface area contributed by atoms with Crippen molar-refractivity contribution in [2.24, 2.45) is 5.92 Å². The summed E-state index contributed by atoms with van der Waals surface area (Å²) in [6, 6.07) is 6.84. The summed E-state index contributed by atoms with van der Waals surface area (Å²) in [4.78, 5) is 15.1. The molecule has 1 aromatic carbocycles. The fourth-order valence-electron chi connectivity index (χ4n) is 3.94. The second-order valence-electron chi connectivity index (χ2n) is 8.53. The Balaban J connectivity index is 1.67. The maximum Gasteiger partial charge on any atom is 0.322 e. The summed E-state index contributed by atoms with van der Waals surface area (Å²) in [5.41, 5.74) is 0.630. The minimum absolute atomic E-state index is 0.0849. The van der Waals surface area contributed by atoms with Gasteiger partial charge in [0.2, 0.25) is 10.0 Å². The quantitative estimate of drug-likeness (QED) is 0.765. The molecule has 0 spiro atoms. The Kier molecular flexibility index (Phi) is 6.65. The molecule has 1 saturated heterocycles. The van der Waals surface area contributed by atoms with Crippen LogP contribution in [0.2, 0.25) is 0 Å². The normalized spacial score (nSPS) is 21.0. The van der Waals surface area contributed by atoms with Crippen molar-refractivity contribution in [1.29, 1.82) is 0 Å². The number of nitrogens with zero attached hydrogens (tertiary/aromatic N) is 2. The van der Waals surface area contributed by atoms with Crippen molar-refractivity contribution in [3.8, 4) is 0 Å². The number of carbonyl (C=O) groups is 1. The summed E-state index contributed by atoms with van der Waals surface area (Å²) in [5, 5.41) is 2.96. The van der Waals surface area contributed by atoms with Gasteiger partial charge in [0.25, 0.3) is 0 Å². The van der Waals surface area contributed by atoms with Gasteiger partial charge in [-0.05, 0) is 62.3 Å². The molecule has 1 unspecified atom stereocenters. The Morgan fingerprint density at radius 1 is 1.14 bits per heavy atom. The van der Waals surface area contributed by atoms with Gasteiger partial charge in [0.15, 0.2) is 0 Å². The molecule has 2 fully saturated rings. The Bertz CT molecular complexity index is 773. The molecule has 1 aliphatic carbocycles. The monoisotopic (exact) mass is 407 g/mol. The number of benzene rings is 1. The minimum atomic E-state index is -3.46. The highest BCUT2D eigenvalue weighted by Gasteiger charge is 2.35. The van der Waals surface area contributed by atoms with Gasteiger partial charge >= 0.3 is 6.03 Å². The zero-order valence-corrected chi connectivity index (χ0v) is 18.0. The number of likely N-dealkylation sites (tertiary alicyclic amines) is 1. The predicted molar refractivity (Wildman–Crippen MR) is 112 cm³/mol. The molecule has 1 aliphatic heterocycles. The van der Waals surface area contributed by atoms with Crippen LogP contribution in [-0.4, -0.2) is 49.3 Å². The van der Waals surface area contributed by atoms with Crippen molar-refractivity contribution in [3.63, 3.8) is 0 Å². The molecule has 2 amide bonds. The van der Waals surface area contributed by atoms with Gasteiger partial charge in [-0.2, -0.15) is 4.31 Å². The first kappa shape index (κ1) is 21.1. The summed E-state index contributed by atoms with van der Waals surface area (Å²) < 4.78 is 26.7. The first-order valence-corrected chi connectivity index (χ1v) is 11.9. The Morgan fingerprint density at radius 2 is 1.82 bits per heavy atom. The van der Waals surface area contributed by atoms with Crippen molar-refractivity contribution in [2.45, 2.75) is 75.8 Å². The summed E-state index contributed by atoms with van der Waals surface area (Å²) in [5.74, 6) is 0.548. The van der Waals surface area contributed by atoms with Crippen LogP contribution in [0.5, 0.6) is 0 Å². The highest BCUT2D eigenvalue weighted by Crippen LogP contribution is 2.31. The van der Waals surface area contributed by atoms with E-state index in [9.17, 15) is 13.2 Å². The molecule has 1 heterocycles. The van der Waals surface area contributed by atoms with E-state index in [0.717, 1.165) is 38.6 Å². The van der Waals surface area contributed by atoms with Gasteiger partial charge < -0.3 is 10.2 Å². The molecule has 3 rings (SSSR count). The lowest BCUT2D eigenvalue weighted by Gasteiger charge is -2.31. The average Bonchev–Trinajstić information content (AvgIpc) is 3.49. The van der Waals surface area contributed by atoms with Gasteiger partial charge in [-0.15, -0.1) is 0 Å². The number of hydrogen-bond donors (Lipinski definition) is 1. The molecule has 1 atom stereocenters. The summed E-state index contributed by atoms with van der Waals surface area (Å²) in [7, 11) is -1.82. The fraction of sp³-hybridized carbons (Fsp3) is 0.667. The molecule has 7 heteroatoms. The van der Waals surface area contributed by atoms with Gasteiger partial charge in [-0.25, -0.2) is 13.2 Å². The third kappa shape index (κ3) is 5.06. The molecule has 1 aromatic rings. The van der Waals surface area contributed by atoms with Gasteiger partial charge in [-0.1, -0.05) is 26.7 Å². The zero-order chi connectivity index (χ0) is 20.3. The van der Waals surface area contributed by atoms with Crippen LogP contribution in [0.1, 0.15) is 58.8 Å². The molecule has 1 saturated carbocycles. The minimum Gasteiger partial charge on any atom is -0.322 e. The number of carbonyl (C=O) groups excluding carboxylic acids is 1. The average molecular weight is 408 g/mol. The van der Waals surface area contributed by atoms with Crippen LogP contribution in [0.3, 0.4) is 0 Å². The van der Waals surface area contributed by atoms with Crippen molar-refractivity contribution < 1.29 is 13.2 Å². The lowest BCUT2D eigenvalue weighted by Crippen LogP contribution is -2.43. The third-order valence-electron chi connectivity index (χ3n) is 5.73. The predicted octanol–water partition coefficient (Wildman–Crippen LogP) is 4.29. The van der Waals surface area contributed by atoms with Gasteiger partial charge in [0.05, 0.1) is 4.90 Å². The second kappa shape index (κ2) is 8.82. The van der Waals surface area contributed by atoms with E-state index in [0.29, 0.717) is 11.6 Å². The topological polar surface area (TPSA) is 69.7 Å². The van der Waals surface area contributed by atoms with Gasteiger partial charge in [0.1, 0.15) is 0 Å². The number of nitrogens with one attached hydrogen (secondary N) is 1. The van der Waals surface area contributed by atoms with E-state index in [1.165, 1.54) is 17.1 Å². The molecular formula is C21H33N3O3S. The largest absolute Gasteiger partial charge is 0.322 e. The highest BCUT2D eigenvalue weighted by molar-refractivity contribution is 7.89. The molecule has 156 valence electrons. The lowest BCUT2D eigenvalue weighted by molar-refractivity contribution is 0.178. The number of hydrogen-bond acceptors (Lipinski definition) is 3. The second-order valence-corrected chi connectivity index (χ2v) is 10.5. The van der Waals surface area contributed by atoms with Crippen LogP contribution in [0.25, 0.3) is 0 Å². The van der Waals surface area contributed by atoms with Crippen LogP contribution >= 0.6 is 0 Å². The van der Waals surface area contributed by atoms with E-state index < -0.39 is 10.0 Å². The Hall–Kier alpha value is -1.60. The van der Waals surface area contributed by atoms with E-state index in [1.54, 1.807) is 31.3 Å². The smallest absolute Gasteiger partial charge is 0.322 e. The van der Waals surface area contributed by atoms with Crippen LogP contribution in [0.15, 0.2) is 29.2 Å². The standard InChI is InChI=1S/C21H33N3O3S/c1-16(2)15-19-7-5-4-6-14-24(19)21(25)22-17-8-12-20(13-9-17)28(26,27)23(3)18-10-11-18/h8-9,12-13,16,18-19H,4-7,10-11,14-15H2,1-3H3,(H,22,25). The first-order valence-electron chi connectivity index (χ1n) is 10.4. The third-order valence-corrected chi connectivity index (χ3v) is 7.65. The van der Waals surface area contributed by atoms with E-state index in [4.69, 9.17) is 0 Å². The Labute approximate surface area is 169 Å². The molecular weight excluding hydrogens is 374 g/mol. The molecule has 28 heavy (non-hydrogen) atoms. The maximum absolute atomic E-state index is 12.9. The molecule has 0 bridgehead atoms. The Morgan fingerprint density at radius 3 is 2.43 bits per heavy atom. The summed E-state index contributed by atoms with van der Waals surface area (Å²) >= 11 is 0. The number of urea groups is 1. The molecule has 1 N–H and O–H groups in total. The van der Waals surface area contributed by atoms with Crippen molar-refractivity contribution in [2.75, 3.05) is 18.9 Å².